The molecule has 0 fully saturated rings. The zero-order chi connectivity index (χ0) is 15.3. The van der Waals surface area contributed by atoms with Gasteiger partial charge in [0.15, 0.2) is 0 Å². The van der Waals surface area contributed by atoms with Crippen LogP contribution in [0, 0.1) is 0 Å². The Kier molecular flexibility index (Phi) is 5.11. The third-order valence-electron chi connectivity index (χ3n) is 2.90. The molecule has 0 aliphatic carbocycles. The van der Waals surface area contributed by atoms with E-state index < -0.39 is 10.0 Å². The second-order valence-corrected chi connectivity index (χ2v) is 6.81. The Labute approximate surface area is 125 Å². The lowest BCUT2D eigenvalue weighted by Crippen LogP contribution is -2.23. The molecule has 0 bridgehead atoms. The molecule has 2 aromatic rings. The zero-order valence-corrected chi connectivity index (χ0v) is 12.9. The van der Waals surface area contributed by atoms with Crippen molar-refractivity contribution >= 4 is 10.0 Å². The molecular weight excluding hydrogens is 288 g/mol. The zero-order valence-electron chi connectivity index (χ0n) is 12.1. The van der Waals surface area contributed by atoms with Gasteiger partial charge in [-0.05, 0) is 18.2 Å². The van der Waals surface area contributed by atoms with Crippen molar-refractivity contribution in [3.05, 3.63) is 48.0 Å². The maximum atomic E-state index is 12.2. The van der Waals surface area contributed by atoms with Crippen LogP contribution in [0.5, 0.6) is 0 Å². The molecule has 0 saturated carbocycles. The second-order valence-electron chi connectivity index (χ2n) is 5.04. The van der Waals surface area contributed by atoms with E-state index in [1.807, 2.05) is 19.9 Å². The Bertz CT molecular complexity index is 665. The number of hydrogen-bond acceptors (Lipinski definition) is 4. The van der Waals surface area contributed by atoms with Crippen molar-refractivity contribution in [2.75, 3.05) is 0 Å². The standard InChI is InChI=1S/C14H20N4O2S/c1-11(2)16-8-13-7-14(10-17-13)21(19,20)18-9-12-5-3-4-6-15-12/h3-7,10-11,16-18H,8-9H2,1-2H3. The van der Waals surface area contributed by atoms with E-state index in [2.05, 4.69) is 20.0 Å². The molecule has 7 heteroatoms. The van der Waals surface area contributed by atoms with Crippen molar-refractivity contribution in [3.8, 4) is 0 Å². The highest BCUT2D eigenvalue weighted by atomic mass is 32.2. The van der Waals surface area contributed by atoms with Crippen LogP contribution in [0.2, 0.25) is 0 Å². The lowest BCUT2D eigenvalue weighted by atomic mass is 10.3. The van der Waals surface area contributed by atoms with Gasteiger partial charge in [0.25, 0.3) is 0 Å². The number of rotatable bonds is 7. The maximum absolute atomic E-state index is 12.2. The molecule has 2 heterocycles. The number of H-pyrrole nitrogens is 1. The molecule has 0 amide bonds. The number of pyridine rings is 1. The topological polar surface area (TPSA) is 86.9 Å². The first-order valence-electron chi connectivity index (χ1n) is 6.77. The fraction of sp³-hybridized carbons (Fsp3) is 0.357. The summed E-state index contributed by atoms with van der Waals surface area (Å²) in [4.78, 5) is 7.29. The summed E-state index contributed by atoms with van der Waals surface area (Å²) in [5.74, 6) is 0. The average molecular weight is 308 g/mol. The number of sulfonamides is 1. The van der Waals surface area contributed by atoms with E-state index in [-0.39, 0.29) is 11.4 Å². The molecule has 0 unspecified atom stereocenters. The summed E-state index contributed by atoms with van der Waals surface area (Å²) in [5, 5.41) is 3.23. The summed E-state index contributed by atoms with van der Waals surface area (Å²) in [6, 6.07) is 7.37. The Balaban J connectivity index is 1.99. The van der Waals surface area contributed by atoms with Crippen molar-refractivity contribution in [3.63, 3.8) is 0 Å². The van der Waals surface area contributed by atoms with Gasteiger partial charge in [-0.3, -0.25) is 4.98 Å². The summed E-state index contributed by atoms with van der Waals surface area (Å²) in [7, 11) is -3.53. The summed E-state index contributed by atoms with van der Waals surface area (Å²) >= 11 is 0. The van der Waals surface area contributed by atoms with E-state index in [4.69, 9.17) is 0 Å². The normalized spacial score (nSPS) is 12.0. The molecule has 2 rings (SSSR count). The predicted molar refractivity (Wildman–Crippen MR) is 81.0 cm³/mol. The number of hydrogen-bond donors (Lipinski definition) is 3. The fourth-order valence-corrected chi connectivity index (χ4v) is 2.76. The second kappa shape index (κ2) is 6.84. The molecular formula is C14H20N4O2S. The lowest BCUT2D eigenvalue weighted by Gasteiger charge is -2.06. The van der Waals surface area contributed by atoms with Crippen LogP contribution in [0.25, 0.3) is 0 Å². The molecule has 3 N–H and O–H groups in total. The van der Waals surface area contributed by atoms with Crippen LogP contribution in [0.4, 0.5) is 0 Å². The van der Waals surface area contributed by atoms with Crippen molar-refractivity contribution in [1.82, 2.24) is 20.0 Å². The minimum absolute atomic E-state index is 0.175. The molecule has 0 aliphatic rings. The van der Waals surface area contributed by atoms with Crippen LogP contribution >= 0.6 is 0 Å². The highest BCUT2D eigenvalue weighted by Gasteiger charge is 2.15. The molecule has 0 atom stereocenters. The fourth-order valence-electron chi connectivity index (χ4n) is 1.75. The highest BCUT2D eigenvalue weighted by molar-refractivity contribution is 7.89. The van der Waals surface area contributed by atoms with Crippen molar-refractivity contribution < 1.29 is 8.42 Å². The van der Waals surface area contributed by atoms with E-state index in [1.54, 1.807) is 24.4 Å². The first kappa shape index (κ1) is 15.7. The van der Waals surface area contributed by atoms with Gasteiger partial charge in [0.05, 0.1) is 17.1 Å². The van der Waals surface area contributed by atoms with Crippen LogP contribution in [-0.4, -0.2) is 24.4 Å². The van der Waals surface area contributed by atoms with Gasteiger partial charge in [-0.1, -0.05) is 19.9 Å². The van der Waals surface area contributed by atoms with E-state index in [0.29, 0.717) is 18.3 Å². The Hall–Kier alpha value is -1.70. The maximum Gasteiger partial charge on any atom is 0.242 e. The minimum Gasteiger partial charge on any atom is -0.363 e. The molecule has 114 valence electrons. The number of aromatic nitrogens is 2. The van der Waals surface area contributed by atoms with E-state index in [9.17, 15) is 8.42 Å². The molecule has 0 aliphatic heterocycles. The van der Waals surface area contributed by atoms with Gasteiger partial charge in [0, 0.05) is 30.7 Å². The highest BCUT2D eigenvalue weighted by Crippen LogP contribution is 2.11. The monoisotopic (exact) mass is 308 g/mol. The molecule has 0 aromatic carbocycles. The van der Waals surface area contributed by atoms with Gasteiger partial charge in [0.2, 0.25) is 10.0 Å². The van der Waals surface area contributed by atoms with Crippen molar-refractivity contribution in [2.45, 2.75) is 37.9 Å². The van der Waals surface area contributed by atoms with E-state index in [0.717, 1.165) is 5.69 Å². The third kappa shape index (κ3) is 4.66. The number of nitrogens with zero attached hydrogens (tertiary/aromatic N) is 1. The third-order valence-corrected chi connectivity index (χ3v) is 4.28. The van der Waals surface area contributed by atoms with Crippen LogP contribution in [0.1, 0.15) is 25.2 Å². The summed E-state index contributed by atoms with van der Waals surface area (Å²) in [6.07, 6.45) is 3.13. The number of nitrogens with one attached hydrogen (secondary N) is 3. The minimum atomic E-state index is -3.53. The first-order chi connectivity index (χ1) is 9.97. The summed E-state index contributed by atoms with van der Waals surface area (Å²) in [5.41, 5.74) is 1.51. The molecule has 0 spiro atoms. The molecule has 2 aromatic heterocycles. The van der Waals surface area contributed by atoms with Gasteiger partial charge in [0.1, 0.15) is 0 Å². The molecule has 21 heavy (non-hydrogen) atoms. The predicted octanol–water partition coefficient (Wildman–Crippen LogP) is 1.39. The van der Waals surface area contributed by atoms with E-state index >= 15 is 0 Å². The molecule has 0 saturated heterocycles. The van der Waals surface area contributed by atoms with Gasteiger partial charge in [-0.2, -0.15) is 0 Å². The summed E-state index contributed by atoms with van der Waals surface area (Å²) < 4.78 is 26.9. The van der Waals surface area contributed by atoms with Crippen molar-refractivity contribution in [1.29, 1.82) is 0 Å². The lowest BCUT2D eigenvalue weighted by molar-refractivity contribution is 0.579. The van der Waals surface area contributed by atoms with Gasteiger partial charge >= 0.3 is 0 Å². The quantitative estimate of drug-likeness (QED) is 0.721. The van der Waals surface area contributed by atoms with Crippen LogP contribution in [-0.2, 0) is 23.1 Å². The Morgan fingerprint density at radius 2 is 2.10 bits per heavy atom. The Morgan fingerprint density at radius 3 is 2.76 bits per heavy atom. The summed E-state index contributed by atoms with van der Waals surface area (Å²) in [6.45, 7) is 4.85. The van der Waals surface area contributed by atoms with Gasteiger partial charge < -0.3 is 10.3 Å². The SMILES string of the molecule is CC(C)NCc1cc(S(=O)(=O)NCc2ccccn2)c[nH]1. The largest absolute Gasteiger partial charge is 0.363 e. The first-order valence-corrected chi connectivity index (χ1v) is 8.26. The van der Waals surface area contributed by atoms with Crippen LogP contribution in [0.3, 0.4) is 0 Å². The molecule has 0 radical (unpaired) electrons. The van der Waals surface area contributed by atoms with Gasteiger partial charge in [-0.25, -0.2) is 13.1 Å². The van der Waals surface area contributed by atoms with Gasteiger partial charge in [-0.15, -0.1) is 0 Å². The molecule has 6 nitrogen and oxygen atoms in total. The van der Waals surface area contributed by atoms with E-state index in [1.165, 1.54) is 6.20 Å². The van der Waals surface area contributed by atoms with Crippen molar-refractivity contribution in [2.24, 2.45) is 0 Å². The smallest absolute Gasteiger partial charge is 0.242 e. The van der Waals surface area contributed by atoms with Crippen LogP contribution in [0.15, 0.2) is 41.6 Å². The van der Waals surface area contributed by atoms with Crippen LogP contribution < -0.4 is 10.0 Å². The number of aromatic amines is 1. The Morgan fingerprint density at radius 1 is 1.29 bits per heavy atom. The average Bonchev–Trinajstić information content (AvgIpc) is 2.94.